The molecule has 164 valence electrons. The number of aliphatic hydroxyl groups excluding tert-OH is 2. The van der Waals surface area contributed by atoms with Gasteiger partial charge in [-0.1, -0.05) is 54.9 Å². The first-order chi connectivity index (χ1) is 12.9. The van der Waals surface area contributed by atoms with Crippen molar-refractivity contribution in [3.63, 3.8) is 0 Å². The summed E-state index contributed by atoms with van der Waals surface area (Å²) in [7, 11) is 0. The molecular weight excluding hydrogens is 356 g/mol. The van der Waals surface area contributed by atoms with E-state index < -0.39 is 36.1 Å². The highest BCUT2D eigenvalue weighted by Gasteiger charge is 2.39. The van der Waals surface area contributed by atoms with Crippen LogP contribution >= 0.6 is 0 Å². The van der Waals surface area contributed by atoms with Gasteiger partial charge in [0.05, 0.1) is 18.1 Å². The highest BCUT2D eigenvalue weighted by atomic mass is 16.5. The van der Waals surface area contributed by atoms with E-state index >= 15 is 0 Å². The largest absolute Gasteiger partial charge is 0.462 e. The molecule has 1 aliphatic heterocycles. The number of hydrogen-bond acceptors (Lipinski definition) is 5. The van der Waals surface area contributed by atoms with Gasteiger partial charge in [0.15, 0.2) is 0 Å². The van der Waals surface area contributed by atoms with Crippen LogP contribution in [0.2, 0.25) is 0 Å². The lowest BCUT2D eigenvalue weighted by molar-refractivity contribution is -0.165. The smallest absolute Gasteiger partial charge is 0.311 e. The van der Waals surface area contributed by atoms with Crippen molar-refractivity contribution >= 4 is 11.8 Å². The Bertz CT molecular complexity index is 519. The average Bonchev–Trinajstić information content (AvgIpc) is 2.67. The van der Waals surface area contributed by atoms with Crippen LogP contribution in [0.1, 0.15) is 74.7 Å². The minimum absolute atomic E-state index is 0.0543. The third kappa shape index (κ3) is 5.79. The summed E-state index contributed by atoms with van der Waals surface area (Å²) in [6.45, 7) is 15.4. The fourth-order valence-corrected chi connectivity index (χ4v) is 4.58. The van der Waals surface area contributed by atoms with Gasteiger partial charge in [-0.15, -0.1) is 0 Å². The van der Waals surface area contributed by atoms with Gasteiger partial charge in [-0.3, -0.25) is 9.59 Å². The van der Waals surface area contributed by atoms with E-state index in [0.717, 1.165) is 6.42 Å². The van der Waals surface area contributed by atoms with Gasteiger partial charge in [-0.2, -0.15) is 0 Å². The molecule has 10 atom stereocenters. The molecule has 1 heterocycles. The summed E-state index contributed by atoms with van der Waals surface area (Å²) >= 11 is 0. The van der Waals surface area contributed by atoms with Crippen LogP contribution < -0.4 is 0 Å². The first-order valence-electron chi connectivity index (χ1n) is 11.0. The zero-order valence-corrected chi connectivity index (χ0v) is 19.0. The molecule has 1 aliphatic rings. The van der Waals surface area contributed by atoms with Crippen LogP contribution in [0.4, 0.5) is 0 Å². The standard InChI is InChI=1S/C23H42O5/c1-9-10-19-16(6)22(26)17(7)20(24)13(3)11-12(2)14(4)15(5)21(25)18(8)23(27)28-19/h12-19,21-22,25-26H,9-11H2,1-8H3/t12-,13+,14-,15+,16-,17-,18+,19+,21-,22-/m0/s1. The summed E-state index contributed by atoms with van der Waals surface area (Å²) in [6.07, 6.45) is -0.0153. The molecule has 0 aromatic carbocycles. The number of ether oxygens (including phenoxy) is 1. The number of hydrogen-bond donors (Lipinski definition) is 2. The maximum Gasteiger partial charge on any atom is 0.311 e. The minimum atomic E-state index is -0.867. The summed E-state index contributed by atoms with van der Waals surface area (Å²) in [4.78, 5) is 25.7. The summed E-state index contributed by atoms with van der Waals surface area (Å²) < 4.78 is 5.75. The zero-order chi connectivity index (χ0) is 21.8. The second kappa shape index (κ2) is 10.7. The lowest BCUT2D eigenvalue weighted by Gasteiger charge is -2.36. The van der Waals surface area contributed by atoms with Crippen molar-refractivity contribution in [3.05, 3.63) is 0 Å². The van der Waals surface area contributed by atoms with Gasteiger partial charge in [-0.25, -0.2) is 0 Å². The van der Waals surface area contributed by atoms with Gasteiger partial charge in [0.1, 0.15) is 11.9 Å². The molecule has 0 saturated carbocycles. The Labute approximate surface area is 171 Å². The Morgan fingerprint density at radius 2 is 1.39 bits per heavy atom. The molecule has 2 N–H and O–H groups in total. The van der Waals surface area contributed by atoms with Crippen molar-refractivity contribution in [1.82, 2.24) is 0 Å². The van der Waals surface area contributed by atoms with Crippen molar-refractivity contribution in [2.24, 2.45) is 41.4 Å². The minimum Gasteiger partial charge on any atom is -0.462 e. The summed E-state index contributed by atoms with van der Waals surface area (Å²) in [5, 5.41) is 21.6. The van der Waals surface area contributed by atoms with E-state index in [-0.39, 0.29) is 35.4 Å². The molecule has 0 aliphatic carbocycles. The Balaban J connectivity index is 3.25. The van der Waals surface area contributed by atoms with Gasteiger partial charge in [0, 0.05) is 17.8 Å². The number of rotatable bonds is 2. The molecule has 0 spiro atoms. The SMILES string of the molecule is CCC[C@H]1OC(=O)[C@H](C)[C@@H](O)[C@H](C)[C@@H](C)[C@@H](C)C[C@@H](C)C(=O)[C@H](C)[C@@H](O)[C@H]1C. The average molecular weight is 399 g/mol. The lowest BCUT2D eigenvalue weighted by Crippen LogP contribution is -2.44. The highest BCUT2D eigenvalue weighted by Crippen LogP contribution is 2.34. The van der Waals surface area contributed by atoms with Crippen LogP contribution in [0.15, 0.2) is 0 Å². The van der Waals surface area contributed by atoms with Crippen LogP contribution in [0, 0.1) is 41.4 Å². The fraction of sp³-hybridized carbons (Fsp3) is 0.913. The monoisotopic (exact) mass is 398 g/mol. The van der Waals surface area contributed by atoms with Crippen LogP contribution in [-0.2, 0) is 14.3 Å². The van der Waals surface area contributed by atoms with Crippen molar-refractivity contribution in [2.45, 2.75) is 93.0 Å². The third-order valence-electron chi connectivity index (χ3n) is 7.29. The Morgan fingerprint density at radius 1 is 0.857 bits per heavy atom. The molecule has 1 rings (SSSR count). The maximum atomic E-state index is 12.9. The summed E-state index contributed by atoms with van der Waals surface area (Å²) in [6, 6.07) is 0. The number of ketones is 1. The number of carbonyl (C=O) groups excluding carboxylic acids is 2. The molecule has 0 aromatic rings. The Hall–Kier alpha value is -0.940. The van der Waals surface area contributed by atoms with Crippen LogP contribution in [-0.4, -0.2) is 40.3 Å². The maximum absolute atomic E-state index is 12.9. The summed E-state index contributed by atoms with van der Waals surface area (Å²) in [5.74, 6) is -1.75. The number of esters is 1. The number of Topliss-reactive ketones (excluding diaryl/α,β-unsaturated/α-hetero) is 1. The van der Waals surface area contributed by atoms with Gasteiger partial charge in [0.2, 0.25) is 0 Å². The molecule has 0 amide bonds. The Morgan fingerprint density at radius 3 is 1.93 bits per heavy atom. The second-order valence-corrected chi connectivity index (χ2v) is 9.42. The third-order valence-corrected chi connectivity index (χ3v) is 7.29. The molecule has 5 heteroatoms. The van der Waals surface area contributed by atoms with E-state index in [1.165, 1.54) is 0 Å². The molecule has 0 unspecified atom stereocenters. The van der Waals surface area contributed by atoms with Gasteiger partial charge in [-0.05, 0) is 37.5 Å². The van der Waals surface area contributed by atoms with Crippen LogP contribution in [0.3, 0.4) is 0 Å². The van der Waals surface area contributed by atoms with Crippen LogP contribution in [0.5, 0.6) is 0 Å². The van der Waals surface area contributed by atoms with Crippen molar-refractivity contribution in [3.8, 4) is 0 Å². The zero-order valence-electron chi connectivity index (χ0n) is 19.0. The normalized spacial score (nSPS) is 44.6. The number of cyclic esters (lactones) is 1. The quantitative estimate of drug-likeness (QED) is 0.690. The second-order valence-electron chi connectivity index (χ2n) is 9.42. The molecule has 0 aromatic heterocycles. The molecule has 1 saturated heterocycles. The van der Waals surface area contributed by atoms with Gasteiger partial charge in [0.25, 0.3) is 0 Å². The molecule has 28 heavy (non-hydrogen) atoms. The van der Waals surface area contributed by atoms with E-state index in [4.69, 9.17) is 4.74 Å². The number of aliphatic hydroxyl groups is 2. The van der Waals surface area contributed by atoms with Gasteiger partial charge < -0.3 is 14.9 Å². The predicted octanol–water partition coefficient (Wildman–Crippen LogP) is 3.85. The van der Waals surface area contributed by atoms with E-state index in [1.807, 2.05) is 27.7 Å². The molecule has 1 fully saturated rings. The van der Waals surface area contributed by atoms with Crippen LogP contribution in [0.25, 0.3) is 0 Å². The van der Waals surface area contributed by atoms with E-state index in [9.17, 15) is 19.8 Å². The molecule has 0 bridgehead atoms. The molecular formula is C23H42O5. The predicted molar refractivity (Wildman–Crippen MR) is 111 cm³/mol. The lowest BCUT2D eigenvalue weighted by atomic mass is 9.73. The Kier molecular flexibility index (Phi) is 9.61. The summed E-state index contributed by atoms with van der Waals surface area (Å²) in [5.41, 5.74) is 0. The first kappa shape index (κ1) is 25.1. The van der Waals surface area contributed by atoms with Crippen molar-refractivity contribution in [1.29, 1.82) is 0 Å². The van der Waals surface area contributed by atoms with E-state index in [2.05, 4.69) is 13.8 Å². The fourth-order valence-electron chi connectivity index (χ4n) is 4.58. The topological polar surface area (TPSA) is 83.8 Å². The highest BCUT2D eigenvalue weighted by molar-refractivity contribution is 5.83. The number of carbonyl (C=O) groups is 2. The van der Waals surface area contributed by atoms with E-state index in [0.29, 0.717) is 12.8 Å². The molecule has 5 nitrogen and oxygen atoms in total. The van der Waals surface area contributed by atoms with Crippen molar-refractivity contribution < 1.29 is 24.5 Å². The molecule has 0 radical (unpaired) electrons. The van der Waals surface area contributed by atoms with Gasteiger partial charge >= 0.3 is 5.97 Å². The van der Waals surface area contributed by atoms with Crippen molar-refractivity contribution in [2.75, 3.05) is 0 Å². The first-order valence-corrected chi connectivity index (χ1v) is 11.0. The van der Waals surface area contributed by atoms with E-state index in [1.54, 1.807) is 13.8 Å².